The highest BCUT2D eigenvalue weighted by Crippen LogP contribution is 2.28. The minimum atomic E-state index is -0.0145. The number of anilines is 2. The van der Waals surface area contributed by atoms with Crippen LogP contribution in [0.3, 0.4) is 0 Å². The Morgan fingerprint density at radius 2 is 2.12 bits per heavy atom. The first kappa shape index (κ1) is 16.7. The van der Waals surface area contributed by atoms with Crippen molar-refractivity contribution in [3.8, 4) is 5.75 Å². The molecule has 2 aromatic carbocycles. The summed E-state index contributed by atoms with van der Waals surface area (Å²) in [6, 6.07) is 13.7. The third kappa shape index (κ3) is 3.82. The molecule has 1 aliphatic heterocycles. The Morgan fingerprint density at radius 1 is 1.29 bits per heavy atom. The highest BCUT2D eigenvalue weighted by molar-refractivity contribution is 6.32. The van der Waals surface area contributed by atoms with Crippen LogP contribution >= 0.6 is 11.6 Å². The summed E-state index contributed by atoms with van der Waals surface area (Å²) < 4.78 is 5.11. The third-order valence-corrected chi connectivity index (χ3v) is 4.55. The number of rotatable bonds is 5. The maximum atomic E-state index is 12.2. The van der Waals surface area contributed by atoms with E-state index < -0.39 is 0 Å². The number of para-hydroxylation sites is 1. The van der Waals surface area contributed by atoms with Crippen molar-refractivity contribution in [2.24, 2.45) is 0 Å². The molecular weight excluding hydrogens is 324 g/mol. The summed E-state index contributed by atoms with van der Waals surface area (Å²) in [5, 5.41) is 3.38. The van der Waals surface area contributed by atoms with Crippen LogP contribution in [-0.2, 0) is 11.2 Å². The zero-order valence-electron chi connectivity index (χ0n) is 13.7. The first-order chi connectivity index (χ1) is 11.7. The molecule has 4 nitrogen and oxygen atoms in total. The molecule has 0 aromatic heterocycles. The van der Waals surface area contributed by atoms with E-state index in [1.165, 1.54) is 11.3 Å². The fourth-order valence-electron chi connectivity index (χ4n) is 3.05. The summed E-state index contributed by atoms with van der Waals surface area (Å²) in [5.74, 6) is 0.582. The van der Waals surface area contributed by atoms with Gasteiger partial charge in [0.05, 0.1) is 12.1 Å². The van der Waals surface area contributed by atoms with Gasteiger partial charge in [-0.15, -0.1) is 0 Å². The van der Waals surface area contributed by atoms with Crippen molar-refractivity contribution in [2.75, 3.05) is 30.4 Å². The van der Waals surface area contributed by atoms with E-state index in [1.807, 2.05) is 0 Å². The Kier molecular flexibility index (Phi) is 5.26. The number of aryl methyl sites for hydroxylation is 1. The Balaban J connectivity index is 1.58. The molecule has 24 heavy (non-hydrogen) atoms. The van der Waals surface area contributed by atoms with Gasteiger partial charge in [0.1, 0.15) is 5.75 Å². The fourth-order valence-corrected chi connectivity index (χ4v) is 3.31. The van der Waals surface area contributed by atoms with Crippen LogP contribution in [0.15, 0.2) is 42.5 Å². The van der Waals surface area contributed by atoms with Gasteiger partial charge in [0.15, 0.2) is 0 Å². The predicted octanol–water partition coefficient (Wildman–Crippen LogP) is 4.13. The van der Waals surface area contributed by atoms with Crippen molar-refractivity contribution in [1.29, 1.82) is 0 Å². The molecular formula is C19H21ClN2O2. The van der Waals surface area contributed by atoms with E-state index in [2.05, 4.69) is 34.5 Å². The van der Waals surface area contributed by atoms with Gasteiger partial charge in [-0.3, -0.25) is 4.79 Å². The zero-order valence-corrected chi connectivity index (χ0v) is 14.5. The van der Waals surface area contributed by atoms with Gasteiger partial charge in [0.25, 0.3) is 0 Å². The van der Waals surface area contributed by atoms with Crippen molar-refractivity contribution in [1.82, 2.24) is 0 Å². The standard InChI is InChI=1S/C19H21ClN2O2/c1-24-18-9-8-15(13-16(18)20)21-19(23)10-12-22-11-4-6-14-5-2-3-7-17(14)22/h2-3,5,7-9,13H,4,6,10-12H2,1H3,(H,21,23). The molecule has 126 valence electrons. The van der Waals surface area contributed by atoms with Crippen LogP contribution in [-0.4, -0.2) is 26.1 Å². The second-order valence-electron chi connectivity index (χ2n) is 5.87. The molecule has 0 unspecified atom stereocenters. The summed E-state index contributed by atoms with van der Waals surface area (Å²) in [6.45, 7) is 1.71. The number of methoxy groups -OCH3 is 1. The van der Waals surface area contributed by atoms with Gasteiger partial charge in [-0.25, -0.2) is 0 Å². The smallest absolute Gasteiger partial charge is 0.226 e. The van der Waals surface area contributed by atoms with Gasteiger partial charge in [-0.2, -0.15) is 0 Å². The summed E-state index contributed by atoms with van der Waals surface area (Å²) in [4.78, 5) is 14.5. The average molecular weight is 345 g/mol. The predicted molar refractivity (Wildman–Crippen MR) is 98.2 cm³/mol. The summed E-state index contributed by atoms with van der Waals surface area (Å²) in [6.07, 6.45) is 2.69. The van der Waals surface area contributed by atoms with E-state index in [-0.39, 0.29) is 5.91 Å². The minimum Gasteiger partial charge on any atom is -0.495 e. The molecule has 0 fully saturated rings. The number of carbonyl (C=O) groups excluding carboxylic acids is 1. The van der Waals surface area contributed by atoms with Gasteiger partial charge >= 0.3 is 0 Å². The van der Waals surface area contributed by atoms with Gasteiger partial charge in [0, 0.05) is 30.9 Å². The topological polar surface area (TPSA) is 41.6 Å². The quantitative estimate of drug-likeness (QED) is 0.886. The highest BCUT2D eigenvalue weighted by atomic mass is 35.5. The normalized spacial score (nSPS) is 13.3. The SMILES string of the molecule is COc1ccc(NC(=O)CCN2CCCc3ccccc32)cc1Cl. The first-order valence-electron chi connectivity index (χ1n) is 8.13. The molecule has 1 amide bonds. The molecule has 2 aromatic rings. The number of ether oxygens (including phenoxy) is 1. The van der Waals surface area contributed by atoms with Gasteiger partial charge in [-0.05, 0) is 42.7 Å². The van der Waals surface area contributed by atoms with Gasteiger partial charge in [0.2, 0.25) is 5.91 Å². The fraction of sp³-hybridized carbons (Fsp3) is 0.316. The number of halogens is 1. The van der Waals surface area contributed by atoms with E-state index in [0.717, 1.165) is 19.4 Å². The summed E-state index contributed by atoms with van der Waals surface area (Å²) in [7, 11) is 1.57. The summed E-state index contributed by atoms with van der Waals surface area (Å²) in [5.41, 5.74) is 3.31. The van der Waals surface area contributed by atoms with E-state index >= 15 is 0 Å². The molecule has 0 aliphatic carbocycles. The molecule has 0 radical (unpaired) electrons. The van der Waals surface area contributed by atoms with Crippen LogP contribution in [0, 0.1) is 0 Å². The van der Waals surface area contributed by atoms with Crippen LogP contribution < -0.4 is 15.0 Å². The van der Waals surface area contributed by atoms with Crippen LogP contribution in [0.4, 0.5) is 11.4 Å². The number of nitrogens with one attached hydrogen (secondary N) is 1. The molecule has 5 heteroatoms. The maximum absolute atomic E-state index is 12.2. The Morgan fingerprint density at radius 3 is 2.92 bits per heavy atom. The van der Waals surface area contributed by atoms with Crippen molar-refractivity contribution in [3.63, 3.8) is 0 Å². The number of hydrogen-bond acceptors (Lipinski definition) is 3. The minimum absolute atomic E-state index is 0.0145. The molecule has 0 saturated heterocycles. The second-order valence-corrected chi connectivity index (χ2v) is 6.27. The number of hydrogen-bond donors (Lipinski definition) is 1. The van der Waals surface area contributed by atoms with E-state index in [1.54, 1.807) is 25.3 Å². The first-order valence-corrected chi connectivity index (χ1v) is 8.51. The number of nitrogens with zero attached hydrogens (tertiary/aromatic N) is 1. The third-order valence-electron chi connectivity index (χ3n) is 4.25. The van der Waals surface area contributed by atoms with E-state index in [0.29, 0.717) is 29.4 Å². The van der Waals surface area contributed by atoms with Crippen molar-refractivity contribution < 1.29 is 9.53 Å². The molecule has 1 heterocycles. The zero-order chi connectivity index (χ0) is 16.9. The Bertz CT molecular complexity index is 733. The highest BCUT2D eigenvalue weighted by Gasteiger charge is 2.17. The van der Waals surface area contributed by atoms with E-state index in [4.69, 9.17) is 16.3 Å². The monoisotopic (exact) mass is 344 g/mol. The average Bonchev–Trinajstić information content (AvgIpc) is 2.60. The van der Waals surface area contributed by atoms with E-state index in [9.17, 15) is 4.79 Å². The lowest BCUT2D eigenvalue weighted by Gasteiger charge is -2.31. The van der Waals surface area contributed by atoms with Crippen molar-refractivity contribution in [3.05, 3.63) is 53.1 Å². The maximum Gasteiger partial charge on any atom is 0.226 e. The summed E-state index contributed by atoms with van der Waals surface area (Å²) >= 11 is 6.08. The van der Waals surface area contributed by atoms with Crippen molar-refractivity contribution in [2.45, 2.75) is 19.3 Å². The number of fused-ring (bicyclic) bond motifs is 1. The van der Waals surface area contributed by atoms with Crippen LogP contribution in [0.5, 0.6) is 5.75 Å². The Labute approximate surface area is 147 Å². The lowest BCUT2D eigenvalue weighted by molar-refractivity contribution is -0.116. The molecule has 0 spiro atoms. The molecule has 0 saturated carbocycles. The number of benzene rings is 2. The lowest BCUT2D eigenvalue weighted by Crippen LogP contribution is -2.32. The van der Waals surface area contributed by atoms with Gasteiger partial charge < -0.3 is 15.0 Å². The van der Waals surface area contributed by atoms with Crippen LogP contribution in [0.1, 0.15) is 18.4 Å². The molecule has 0 atom stereocenters. The van der Waals surface area contributed by atoms with Gasteiger partial charge in [-0.1, -0.05) is 29.8 Å². The molecule has 1 N–H and O–H groups in total. The molecule has 1 aliphatic rings. The lowest BCUT2D eigenvalue weighted by atomic mass is 10.0. The Hall–Kier alpha value is -2.20. The number of amides is 1. The number of carbonyl (C=O) groups is 1. The second kappa shape index (κ2) is 7.58. The molecule has 0 bridgehead atoms. The largest absolute Gasteiger partial charge is 0.495 e. The van der Waals surface area contributed by atoms with Crippen LogP contribution in [0.2, 0.25) is 5.02 Å². The molecule has 3 rings (SSSR count). The van der Waals surface area contributed by atoms with Crippen molar-refractivity contribution >= 4 is 28.9 Å². The van der Waals surface area contributed by atoms with Crippen LogP contribution in [0.25, 0.3) is 0 Å².